The maximum atomic E-state index is 13.7. The van der Waals surface area contributed by atoms with Gasteiger partial charge in [0.15, 0.2) is 0 Å². The van der Waals surface area contributed by atoms with E-state index in [1.54, 1.807) is 24.3 Å². The first-order valence-corrected chi connectivity index (χ1v) is 8.55. The average Bonchev–Trinajstić information content (AvgIpc) is 2.64. The normalized spacial score (nSPS) is 19.9. The first-order chi connectivity index (χ1) is 12.1. The maximum absolute atomic E-state index is 13.7. The fourth-order valence-electron chi connectivity index (χ4n) is 3.15. The van der Waals surface area contributed by atoms with Crippen molar-refractivity contribution < 1.29 is 14.0 Å². The number of rotatable bonds is 4. The van der Waals surface area contributed by atoms with Crippen LogP contribution in [0.5, 0.6) is 0 Å². The number of hydrogen-bond donors (Lipinski definition) is 2. The quantitative estimate of drug-likeness (QED) is 0.897. The van der Waals surface area contributed by atoms with Crippen molar-refractivity contribution >= 4 is 11.8 Å². The average molecular weight is 340 g/mol. The van der Waals surface area contributed by atoms with Gasteiger partial charge in [-0.15, -0.1) is 0 Å². The fourth-order valence-corrected chi connectivity index (χ4v) is 3.15. The van der Waals surface area contributed by atoms with Crippen molar-refractivity contribution in [2.45, 2.75) is 37.8 Å². The Hall–Kier alpha value is -2.69. The molecule has 3 rings (SSSR count). The number of hydrogen-bond acceptors (Lipinski definition) is 2. The third kappa shape index (κ3) is 4.44. The van der Waals surface area contributed by atoms with Gasteiger partial charge in [-0.1, -0.05) is 30.3 Å². The van der Waals surface area contributed by atoms with Crippen LogP contribution in [0.25, 0.3) is 0 Å². The van der Waals surface area contributed by atoms with Gasteiger partial charge >= 0.3 is 0 Å². The monoisotopic (exact) mass is 340 g/mol. The van der Waals surface area contributed by atoms with Crippen LogP contribution in [-0.4, -0.2) is 23.9 Å². The summed E-state index contributed by atoms with van der Waals surface area (Å²) in [5, 5.41) is 5.93. The molecule has 0 spiro atoms. The van der Waals surface area contributed by atoms with Crippen LogP contribution in [0.2, 0.25) is 0 Å². The van der Waals surface area contributed by atoms with Crippen LogP contribution in [0.1, 0.15) is 46.4 Å². The number of benzene rings is 2. The van der Waals surface area contributed by atoms with E-state index in [9.17, 15) is 14.0 Å². The van der Waals surface area contributed by atoms with E-state index in [0.717, 1.165) is 25.7 Å². The van der Waals surface area contributed by atoms with Crippen LogP contribution in [0.15, 0.2) is 54.6 Å². The Morgan fingerprint density at radius 1 is 0.760 bits per heavy atom. The van der Waals surface area contributed by atoms with E-state index < -0.39 is 5.82 Å². The van der Waals surface area contributed by atoms with Gasteiger partial charge in [0.05, 0.1) is 5.56 Å². The van der Waals surface area contributed by atoms with Crippen LogP contribution in [0, 0.1) is 5.82 Å². The van der Waals surface area contributed by atoms with Crippen LogP contribution in [0.4, 0.5) is 4.39 Å². The fraction of sp³-hybridized carbons (Fsp3) is 0.300. The predicted molar refractivity (Wildman–Crippen MR) is 93.8 cm³/mol. The van der Waals surface area contributed by atoms with Crippen molar-refractivity contribution in [3.63, 3.8) is 0 Å². The molecule has 5 heteroatoms. The standard InChI is InChI=1S/C20H21FN2O2/c21-18-9-5-4-8-17(18)20(25)23-16-12-10-15(11-13-16)22-19(24)14-6-2-1-3-7-14/h1-9,15-16H,10-13H2,(H,22,24)(H,23,25). The SMILES string of the molecule is O=C(NC1CCC(NC(=O)c2ccccc2F)CC1)c1ccccc1. The summed E-state index contributed by atoms with van der Waals surface area (Å²) >= 11 is 0. The maximum Gasteiger partial charge on any atom is 0.254 e. The predicted octanol–water partition coefficient (Wildman–Crippen LogP) is 3.30. The molecule has 0 atom stereocenters. The molecule has 130 valence electrons. The summed E-state index contributed by atoms with van der Waals surface area (Å²) in [6.07, 6.45) is 3.11. The largest absolute Gasteiger partial charge is 0.349 e. The topological polar surface area (TPSA) is 58.2 Å². The van der Waals surface area contributed by atoms with Crippen LogP contribution in [-0.2, 0) is 0 Å². The van der Waals surface area contributed by atoms with E-state index in [-0.39, 0.29) is 29.5 Å². The summed E-state index contributed by atoms with van der Waals surface area (Å²) in [7, 11) is 0. The van der Waals surface area contributed by atoms with Crippen LogP contribution >= 0.6 is 0 Å². The van der Waals surface area contributed by atoms with Gasteiger partial charge in [-0.05, 0) is 49.9 Å². The summed E-state index contributed by atoms with van der Waals surface area (Å²) in [6.45, 7) is 0. The Balaban J connectivity index is 1.48. The zero-order valence-electron chi connectivity index (χ0n) is 13.9. The van der Waals surface area contributed by atoms with Crippen molar-refractivity contribution in [2.24, 2.45) is 0 Å². The Labute approximate surface area is 146 Å². The first-order valence-electron chi connectivity index (χ1n) is 8.55. The van der Waals surface area contributed by atoms with E-state index in [0.29, 0.717) is 5.56 Å². The number of carbonyl (C=O) groups excluding carboxylic acids is 2. The van der Waals surface area contributed by atoms with E-state index >= 15 is 0 Å². The van der Waals surface area contributed by atoms with Gasteiger partial charge in [0, 0.05) is 17.6 Å². The van der Waals surface area contributed by atoms with Crippen LogP contribution in [0.3, 0.4) is 0 Å². The molecule has 2 aromatic carbocycles. The first kappa shape index (κ1) is 17.1. The molecule has 2 N–H and O–H groups in total. The Kier molecular flexibility index (Phi) is 5.43. The molecule has 0 aliphatic heterocycles. The Morgan fingerprint density at radius 3 is 1.88 bits per heavy atom. The molecule has 1 fully saturated rings. The highest BCUT2D eigenvalue weighted by molar-refractivity contribution is 5.95. The second-order valence-corrected chi connectivity index (χ2v) is 6.34. The molecule has 2 amide bonds. The van der Waals surface area contributed by atoms with Crippen molar-refractivity contribution in [3.8, 4) is 0 Å². The van der Waals surface area contributed by atoms with Gasteiger partial charge in [-0.25, -0.2) is 4.39 Å². The zero-order chi connectivity index (χ0) is 17.6. The molecule has 1 aliphatic rings. The smallest absolute Gasteiger partial charge is 0.254 e. The van der Waals surface area contributed by atoms with Crippen molar-refractivity contribution in [3.05, 3.63) is 71.5 Å². The van der Waals surface area contributed by atoms with E-state index in [1.165, 1.54) is 12.1 Å². The van der Waals surface area contributed by atoms with Gasteiger partial charge in [-0.3, -0.25) is 9.59 Å². The molecule has 0 saturated heterocycles. The number of carbonyl (C=O) groups is 2. The van der Waals surface area contributed by atoms with Crippen molar-refractivity contribution in [1.82, 2.24) is 10.6 Å². The molecular weight excluding hydrogens is 319 g/mol. The molecule has 1 saturated carbocycles. The highest BCUT2D eigenvalue weighted by Gasteiger charge is 2.24. The third-order valence-electron chi connectivity index (χ3n) is 4.55. The molecule has 0 aromatic heterocycles. The summed E-state index contributed by atoms with van der Waals surface area (Å²) < 4.78 is 13.7. The molecule has 1 aliphatic carbocycles. The van der Waals surface area contributed by atoms with E-state index in [1.807, 2.05) is 18.2 Å². The van der Waals surface area contributed by atoms with Gasteiger partial charge in [0.1, 0.15) is 5.82 Å². The van der Waals surface area contributed by atoms with Gasteiger partial charge < -0.3 is 10.6 Å². The summed E-state index contributed by atoms with van der Waals surface area (Å²) in [6, 6.07) is 15.2. The molecule has 4 nitrogen and oxygen atoms in total. The van der Waals surface area contributed by atoms with Crippen molar-refractivity contribution in [2.75, 3.05) is 0 Å². The van der Waals surface area contributed by atoms with Gasteiger partial charge in [-0.2, -0.15) is 0 Å². The minimum Gasteiger partial charge on any atom is -0.349 e. The van der Waals surface area contributed by atoms with Crippen LogP contribution < -0.4 is 10.6 Å². The highest BCUT2D eigenvalue weighted by atomic mass is 19.1. The zero-order valence-corrected chi connectivity index (χ0v) is 13.9. The lowest BCUT2D eigenvalue weighted by molar-refractivity contribution is 0.0889. The highest BCUT2D eigenvalue weighted by Crippen LogP contribution is 2.20. The number of halogens is 1. The third-order valence-corrected chi connectivity index (χ3v) is 4.55. The molecular formula is C20H21FN2O2. The molecule has 25 heavy (non-hydrogen) atoms. The van der Waals surface area contributed by atoms with E-state index in [4.69, 9.17) is 0 Å². The lowest BCUT2D eigenvalue weighted by Gasteiger charge is -2.29. The molecule has 0 heterocycles. The molecule has 0 radical (unpaired) electrons. The second kappa shape index (κ2) is 7.92. The molecule has 2 aromatic rings. The van der Waals surface area contributed by atoms with Gasteiger partial charge in [0.25, 0.3) is 11.8 Å². The summed E-state index contributed by atoms with van der Waals surface area (Å²) in [5.41, 5.74) is 0.722. The number of nitrogens with one attached hydrogen (secondary N) is 2. The minimum atomic E-state index is -0.510. The lowest BCUT2D eigenvalue weighted by Crippen LogP contribution is -2.44. The van der Waals surface area contributed by atoms with Crippen molar-refractivity contribution in [1.29, 1.82) is 0 Å². The Morgan fingerprint density at radius 2 is 1.28 bits per heavy atom. The molecule has 0 unspecified atom stereocenters. The second-order valence-electron chi connectivity index (χ2n) is 6.34. The minimum absolute atomic E-state index is 0.0111. The number of amides is 2. The summed E-state index contributed by atoms with van der Waals surface area (Å²) in [5.74, 6) is -0.960. The summed E-state index contributed by atoms with van der Waals surface area (Å²) in [4.78, 5) is 24.3. The molecule has 0 bridgehead atoms. The van der Waals surface area contributed by atoms with Gasteiger partial charge in [0.2, 0.25) is 0 Å². The lowest BCUT2D eigenvalue weighted by atomic mass is 9.90. The van der Waals surface area contributed by atoms with E-state index in [2.05, 4.69) is 10.6 Å². The Bertz CT molecular complexity index is 740.